The third-order valence-corrected chi connectivity index (χ3v) is 5.75. The van der Waals surface area contributed by atoms with Crippen LogP contribution in [-0.4, -0.2) is 27.3 Å². The fraction of sp³-hybridized carbons (Fsp3) is 0.179. The Labute approximate surface area is 206 Å². The number of fused-ring (bicyclic) bond motifs is 1. The maximum atomic E-state index is 13.2. The molecule has 0 N–H and O–H groups in total. The topological polar surface area (TPSA) is 54.0 Å². The highest BCUT2D eigenvalue weighted by atomic mass is 19.4. The Balaban J connectivity index is 1.98. The number of esters is 1. The normalized spacial score (nSPS) is 11.3. The third-order valence-electron chi connectivity index (χ3n) is 5.75. The van der Waals surface area contributed by atoms with E-state index in [0.29, 0.717) is 39.1 Å². The SMILES string of the molecule is COC(=O)c1cc(OCc2ccccc2)c2cc(OC)c(OC)cc2c1-c1ccc(C(F)(F)F)cc1. The molecule has 0 atom stereocenters. The van der Waals surface area contributed by atoms with Crippen LogP contribution in [0.1, 0.15) is 21.5 Å². The van der Waals surface area contributed by atoms with Crippen LogP contribution >= 0.6 is 0 Å². The van der Waals surface area contributed by atoms with Gasteiger partial charge in [-0.05, 0) is 46.8 Å². The lowest BCUT2D eigenvalue weighted by Crippen LogP contribution is -2.07. The average molecular weight is 496 g/mol. The maximum Gasteiger partial charge on any atom is 0.416 e. The van der Waals surface area contributed by atoms with Gasteiger partial charge in [-0.25, -0.2) is 4.79 Å². The van der Waals surface area contributed by atoms with E-state index in [9.17, 15) is 18.0 Å². The van der Waals surface area contributed by atoms with Crippen molar-refractivity contribution in [1.82, 2.24) is 0 Å². The lowest BCUT2D eigenvalue weighted by molar-refractivity contribution is -0.137. The number of alkyl halides is 3. The second kappa shape index (κ2) is 10.2. The van der Waals surface area contributed by atoms with Gasteiger partial charge < -0.3 is 18.9 Å². The Morgan fingerprint density at radius 2 is 1.39 bits per heavy atom. The molecule has 0 aliphatic rings. The molecule has 0 amide bonds. The minimum Gasteiger partial charge on any atom is -0.493 e. The first-order valence-electron chi connectivity index (χ1n) is 10.9. The minimum atomic E-state index is -4.49. The standard InChI is InChI=1S/C28H23F3O5/c1-33-24-13-20-21(14-25(24)34-2)26(18-9-11-19(12-10-18)28(29,30)31)22(27(32)35-3)15-23(20)36-16-17-7-5-4-6-8-17/h4-15H,16H2,1-3H3. The Morgan fingerprint density at radius 1 is 0.778 bits per heavy atom. The number of carbonyl (C=O) groups is 1. The molecule has 0 aliphatic heterocycles. The predicted molar refractivity (Wildman–Crippen MR) is 130 cm³/mol. The van der Waals surface area contributed by atoms with Gasteiger partial charge >= 0.3 is 12.1 Å². The van der Waals surface area contributed by atoms with E-state index < -0.39 is 17.7 Å². The summed E-state index contributed by atoms with van der Waals surface area (Å²) in [6.07, 6.45) is -4.49. The molecule has 0 unspecified atom stereocenters. The first-order chi connectivity index (χ1) is 17.3. The third kappa shape index (κ3) is 4.93. The van der Waals surface area contributed by atoms with Gasteiger partial charge in [0.15, 0.2) is 11.5 Å². The van der Waals surface area contributed by atoms with E-state index in [1.165, 1.54) is 39.5 Å². The first kappa shape index (κ1) is 24.9. The molecule has 0 heterocycles. The zero-order valence-electron chi connectivity index (χ0n) is 19.8. The second-order valence-corrected chi connectivity index (χ2v) is 7.89. The number of benzene rings is 4. The quantitative estimate of drug-likeness (QED) is 0.260. The van der Waals surface area contributed by atoms with Gasteiger partial charge in [-0.1, -0.05) is 42.5 Å². The van der Waals surface area contributed by atoms with Crippen LogP contribution in [-0.2, 0) is 17.5 Å². The summed E-state index contributed by atoms with van der Waals surface area (Å²) >= 11 is 0. The van der Waals surface area contributed by atoms with Crippen molar-refractivity contribution in [2.24, 2.45) is 0 Å². The Morgan fingerprint density at radius 3 is 1.94 bits per heavy atom. The van der Waals surface area contributed by atoms with Gasteiger partial charge in [-0.2, -0.15) is 13.2 Å². The van der Waals surface area contributed by atoms with E-state index in [4.69, 9.17) is 18.9 Å². The molecule has 0 fully saturated rings. The summed E-state index contributed by atoms with van der Waals surface area (Å²) in [6, 6.07) is 19.0. The molecule has 0 saturated heterocycles. The number of hydrogen-bond donors (Lipinski definition) is 0. The number of hydrogen-bond acceptors (Lipinski definition) is 5. The van der Waals surface area contributed by atoms with Gasteiger partial charge in [0.25, 0.3) is 0 Å². The van der Waals surface area contributed by atoms with E-state index in [0.717, 1.165) is 17.7 Å². The molecule has 0 aromatic heterocycles. The van der Waals surface area contributed by atoms with Crippen molar-refractivity contribution in [3.05, 3.63) is 89.5 Å². The first-order valence-corrected chi connectivity index (χ1v) is 10.9. The number of carbonyl (C=O) groups excluding carboxylic acids is 1. The zero-order valence-corrected chi connectivity index (χ0v) is 19.8. The minimum absolute atomic E-state index is 0.139. The summed E-state index contributed by atoms with van der Waals surface area (Å²) in [6.45, 7) is 0.227. The Kier molecular flexibility index (Phi) is 7.05. The van der Waals surface area contributed by atoms with Crippen LogP contribution in [0.15, 0.2) is 72.8 Å². The smallest absolute Gasteiger partial charge is 0.416 e. The van der Waals surface area contributed by atoms with E-state index >= 15 is 0 Å². The molecule has 36 heavy (non-hydrogen) atoms. The second-order valence-electron chi connectivity index (χ2n) is 7.89. The average Bonchev–Trinajstić information content (AvgIpc) is 2.90. The van der Waals surface area contributed by atoms with Crippen molar-refractivity contribution in [2.75, 3.05) is 21.3 Å². The molecule has 5 nitrogen and oxygen atoms in total. The largest absolute Gasteiger partial charge is 0.493 e. The van der Waals surface area contributed by atoms with Gasteiger partial charge in [-0.3, -0.25) is 0 Å². The van der Waals surface area contributed by atoms with Crippen LogP contribution in [0.4, 0.5) is 13.2 Å². The van der Waals surface area contributed by atoms with Crippen LogP contribution in [0, 0.1) is 0 Å². The van der Waals surface area contributed by atoms with Crippen molar-refractivity contribution in [1.29, 1.82) is 0 Å². The molecule has 0 radical (unpaired) electrons. The van der Waals surface area contributed by atoms with Gasteiger partial charge in [0.05, 0.1) is 32.5 Å². The maximum absolute atomic E-state index is 13.2. The molecule has 8 heteroatoms. The van der Waals surface area contributed by atoms with E-state index in [-0.39, 0.29) is 12.2 Å². The van der Waals surface area contributed by atoms with Gasteiger partial charge in [0, 0.05) is 10.9 Å². The highest BCUT2D eigenvalue weighted by Gasteiger charge is 2.30. The van der Waals surface area contributed by atoms with Crippen molar-refractivity contribution in [2.45, 2.75) is 12.8 Å². The van der Waals surface area contributed by atoms with Crippen LogP contribution in [0.25, 0.3) is 21.9 Å². The lowest BCUT2D eigenvalue weighted by Gasteiger charge is -2.19. The predicted octanol–water partition coefficient (Wildman–Crippen LogP) is 6.91. The van der Waals surface area contributed by atoms with E-state index in [1.54, 1.807) is 12.1 Å². The summed E-state index contributed by atoms with van der Waals surface area (Å²) in [4.78, 5) is 12.9. The highest BCUT2D eigenvalue weighted by molar-refractivity contribution is 6.11. The van der Waals surface area contributed by atoms with Crippen molar-refractivity contribution >= 4 is 16.7 Å². The summed E-state index contributed by atoms with van der Waals surface area (Å²) in [5, 5.41) is 1.12. The lowest BCUT2D eigenvalue weighted by atomic mass is 9.91. The molecular weight excluding hydrogens is 473 g/mol. The van der Waals surface area contributed by atoms with Gasteiger partial charge in [0.2, 0.25) is 0 Å². The molecule has 186 valence electrons. The van der Waals surface area contributed by atoms with Crippen LogP contribution in [0.3, 0.4) is 0 Å². The van der Waals surface area contributed by atoms with E-state index in [2.05, 4.69) is 0 Å². The Bertz CT molecular complexity index is 1380. The fourth-order valence-electron chi connectivity index (χ4n) is 3.98. The number of halogens is 3. The Hall–Kier alpha value is -4.20. The van der Waals surface area contributed by atoms with Gasteiger partial charge in [0.1, 0.15) is 12.4 Å². The molecule has 4 rings (SSSR count). The molecule has 0 aliphatic carbocycles. The van der Waals surface area contributed by atoms with Crippen LogP contribution in [0.2, 0.25) is 0 Å². The molecule has 0 bridgehead atoms. The molecule has 4 aromatic carbocycles. The number of methoxy groups -OCH3 is 3. The highest BCUT2D eigenvalue weighted by Crippen LogP contribution is 2.44. The van der Waals surface area contributed by atoms with Crippen LogP contribution in [0.5, 0.6) is 17.2 Å². The molecule has 4 aromatic rings. The summed E-state index contributed by atoms with van der Waals surface area (Å²) < 4.78 is 61.6. The number of rotatable bonds is 7. The molecule has 0 saturated carbocycles. The summed E-state index contributed by atoms with van der Waals surface area (Å²) in [7, 11) is 4.20. The summed E-state index contributed by atoms with van der Waals surface area (Å²) in [5.41, 5.74) is 1.05. The van der Waals surface area contributed by atoms with Gasteiger partial charge in [-0.15, -0.1) is 0 Å². The van der Waals surface area contributed by atoms with Crippen molar-refractivity contribution < 1.29 is 36.9 Å². The van der Waals surface area contributed by atoms with Crippen molar-refractivity contribution in [3.8, 4) is 28.4 Å². The molecule has 0 spiro atoms. The molecular formula is C28H23F3O5. The number of ether oxygens (including phenoxy) is 4. The van der Waals surface area contributed by atoms with Crippen molar-refractivity contribution in [3.63, 3.8) is 0 Å². The van der Waals surface area contributed by atoms with Crippen LogP contribution < -0.4 is 14.2 Å². The monoisotopic (exact) mass is 496 g/mol. The zero-order chi connectivity index (χ0) is 25.9. The fourth-order valence-corrected chi connectivity index (χ4v) is 3.98. The summed E-state index contributed by atoms with van der Waals surface area (Å²) in [5.74, 6) is 0.532. The van der Waals surface area contributed by atoms with E-state index in [1.807, 2.05) is 30.3 Å².